The van der Waals surface area contributed by atoms with Crippen molar-refractivity contribution in [2.75, 3.05) is 0 Å². The second kappa shape index (κ2) is 7.02. The Labute approximate surface area is 147 Å². The lowest BCUT2D eigenvalue weighted by Gasteiger charge is -2.00. The molecule has 0 fully saturated rings. The van der Waals surface area contributed by atoms with Crippen LogP contribution in [0, 0.1) is 0 Å². The molecule has 0 spiro atoms. The monoisotopic (exact) mass is 323 g/mol. The summed E-state index contributed by atoms with van der Waals surface area (Å²) in [5.74, 6) is 1.39. The average Bonchev–Trinajstić information content (AvgIpc) is 3.13. The number of rotatable bonds is 4. The molecule has 0 bridgehead atoms. The minimum Gasteiger partial charge on any atom is -0.436 e. The number of oxazole rings is 1. The van der Waals surface area contributed by atoms with Gasteiger partial charge in [0.15, 0.2) is 5.76 Å². The normalized spacial score (nSPS) is 11.0. The summed E-state index contributed by atoms with van der Waals surface area (Å²) in [6, 6.07) is 30.4. The van der Waals surface area contributed by atoms with Gasteiger partial charge in [-0.3, -0.25) is 0 Å². The molecule has 2 heteroatoms. The molecule has 0 saturated heterocycles. The Morgan fingerprint density at radius 1 is 0.600 bits per heavy atom. The van der Waals surface area contributed by atoms with Crippen LogP contribution >= 0.6 is 0 Å². The molecule has 0 saturated carbocycles. The summed E-state index contributed by atoms with van der Waals surface area (Å²) in [5.41, 5.74) is 4.04. The van der Waals surface area contributed by atoms with Crippen molar-refractivity contribution in [2.24, 2.45) is 0 Å². The molecule has 25 heavy (non-hydrogen) atoms. The SMILES string of the molecule is C(=C\c1nc(-c2ccccc2)c(-c2ccccc2)o1)/c1ccccc1. The summed E-state index contributed by atoms with van der Waals surface area (Å²) in [6.07, 6.45) is 3.92. The maximum absolute atomic E-state index is 6.08. The van der Waals surface area contributed by atoms with Crippen molar-refractivity contribution in [3.8, 4) is 22.6 Å². The van der Waals surface area contributed by atoms with E-state index in [4.69, 9.17) is 9.40 Å². The van der Waals surface area contributed by atoms with Crippen molar-refractivity contribution in [3.05, 3.63) is 102 Å². The molecule has 4 rings (SSSR count). The van der Waals surface area contributed by atoms with Crippen LogP contribution in [0.4, 0.5) is 0 Å². The van der Waals surface area contributed by atoms with Gasteiger partial charge in [-0.1, -0.05) is 91.0 Å². The van der Waals surface area contributed by atoms with E-state index >= 15 is 0 Å². The first-order valence-electron chi connectivity index (χ1n) is 8.25. The predicted octanol–water partition coefficient (Wildman–Crippen LogP) is 6.18. The van der Waals surface area contributed by atoms with Crippen molar-refractivity contribution in [2.45, 2.75) is 0 Å². The number of hydrogen-bond acceptors (Lipinski definition) is 2. The molecule has 2 nitrogen and oxygen atoms in total. The van der Waals surface area contributed by atoms with Crippen molar-refractivity contribution < 1.29 is 4.42 Å². The Bertz CT molecular complexity index is 914. The van der Waals surface area contributed by atoms with E-state index in [0.717, 1.165) is 28.1 Å². The highest BCUT2D eigenvalue weighted by Crippen LogP contribution is 2.33. The maximum Gasteiger partial charge on any atom is 0.220 e. The van der Waals surface area contributed by atoms with Gasteiger partial charge in [0.05, 0.1) is 0 Å². The van der Waals surface area contributed by atoms with E-state index in [-0.39, 0.29) is 0 Å². The van der Waals surface area contributed by atoms with E-state index in [0.29, 0.717) is 5.89 Å². The zero-order valence-electron chi connectivity index (χ0n) is 13.7. The van der Waals surface area contributed by atoms with E-state index in [1.54, 1.807) is 0 Å². The fourth-order valence-corrected chi connectivity index (χ4v) is 2.72. The van der Waals surface area contributed by atoms with Crippen LogP contribution in [0.3, 0.4) is 0 Å². The lowest BCUT2D eigenvalue weighted by molar-refractivity contribution is 0.561. The summed E-state index contributed by atoms with van der Waals surface area (Å²) in [4.78, 5) is 4.72. The van der Waals surface area contributed by atoms with Crippen LogP contribution in [0.25, 0.3) is 34.7 Å². The van der Waals surface area contributed by atoms with Crippen molar-refractivity contribution in [3.63, 3.8) is 0 Å². The van der Waals surface area contributed by atoms with Crippen LogP contribution in [0.15, 0.2) is 95.4 Å². The van der Waals surface area contributed by atoms with Gasteiger partial charge in [0, 0.05) is 17.2 Å². The molecule has 0 amide bonds. The molecule has 0 radical (unpaired) electrons. The van der Waals surface area contributed by atoms with Gasteiger partial charge in [-0.2, -0.15) is 0 Å². The van der Waals surface area contributed by atoms with Crippen molar-refractivity contribution in [1.82, 2.24) is 4.98 Å². The third-order valence-electron chi connectivity index (χ3n) is 3.94. The van der Waals surface area contributed by atoms with E-state index in [9.17, 15) is 0 Å². The Hall–Kier alpha value is -3.39. The molecule has 120 valence electrons. The molecule has 0 aliphatic carbocycles. The van der Waals surface area contributed by atoms with E-state index < -0.39 is 0 Å². The van der Waals surface area contributed by atoms with Gasteiger partial charge in [-0.15, -0.1) is 0 Å². The lowest BCUT2D eigenvalue weighted by atomic mass is 10.1. The van der Waals surface area contributed by atoms with Crippen molar-refractivity contribution in [1.29, 1.82) is 0 Å². The van der Waals surface area contributed by atoms with E-state index in [1.807, 2.05) is 78.9 Å². The first-order chi connectivity index (χ1) is 12.4. The molecule has 0 aliphatic rings. The second-order valence-electron chi connectivity index (χ2n) is 5.71. The van der Waals surface area contributed by atoms with Gasteiger partial charge >= 0.3 is 0 Å². The Balaban J connectivity index is 1.77. The molecule has 0 aliphatic heterocycles. The minimum absolute atomic E-state index is 0.599. The van der Waals surface area contributed by atoms with Crippen LogP contribution in [0.2, 0.25) is 0 Å². The Morgan fingerprint density at radius 3 is 1.80 bits per heavy atom. The van der Waals surface area contributed by atoms with Gasteiger partial charge < -0.3 is 4.42 Å². The molecule has 4 aromatic rings. The van der Waals surface area contributed by atoms with E-state index in [2.05, 4.69) is 24.3 Å². The molecular weight excluding hydrogens is 306 g/mol. The molecule has 1 heterocycles. The van der Waals surface area contributed by atoms with Gasteiger partial charge in [0.1, 0.15) is 5.69 Å². The van der Waals surface area contributed by atoms with Gasteiger partial charge in [0.25, 0.3) is 0 Å². The summed E-state index contributed by atoms with van der Waals surface area (Å²) >= 11 is 0. The van der Waals surface area contributed by atoms with Crippen LogP contribution in [0.1, 0.15) is 11.5 Å². The molecular formula is C23H17NO. The zero-order chi connectivity index (χ0) is 16.9. The largest absolute Gasteiger partial charge is 0.436 e. The number of nitrogens with zero attached hydrogens (tertiary/aromatic N) is 1. The highest BCUT2D eigenvalue weighted by Gasteiger charge is 2.15. The second-order valence-corrected chi connectivity index (χ2v) is 5.71. The molecule has 0 unspecified atom stereocenters. The summed E-state index contributed by atoms with van der Waals surface area (Å²) in [6.45, 7) is 0. The van der Waals surface area contributed by atoms with E-state index in [1.165, 1.54) is 0 Å². The molecule has 3 aromatic carbocycles. The molecule has 1 aromatic heterocycles. The Morgan fingerprint density at radius 2 is 1.16 bits per heavy atom. The highest BCUT2D eigenvalue weighted by atomic mass is 16.4. The summed E-state index contributed by atoms with van der Waals surface area (Å²) < 4.78 is 6.08. The fourth-order valence-electron chi connectivity index (χ4n) is 2.72. The topological polar surface area (TPSA) is 26.0 Å². The number of benzene rings is 3. The fraction of sp³-hybridized carbons (Fsp3) is 0. The van der Waals surface area contributed by atoms with Gasteiger partial charge in [-0.05, 0) is 11.6 Å². The quantitative estimate of drug-likeness (QED) is 0.448. The average molecular weight is 323 g/mol. The van der Waals surface area contributed by atoms with Gasteiger partial charge in [0.2, 0.25) is 5.89 Å². The number of hydrogen-bond donors (Lipinski definition) is 0. The number of aromatic nitrogens is 1. The lowest BCUT2D eigenvalue weighted by Crippen LogP contribution is -1.81. The first-order valence-corrected chi connectivity index (χ1v) is 8.25. The van der Waals surface area contributed by atoms with Crippen LogP contribution < -0.4 is 0 Å². The standard InChI is InChI=1S/C23H17NO/c1-4-10-18(11-5-1)16-17-21-24-22(19-12-6-2-7-13-19)23(25-21)20-14-8-3-9-15-20/h1-17H/b17-16+. The van der Waals surface area contributed by atoms with Crippen LogP contribution in [-0.2, 0) is 0 Å². The first kappa shape index (κ1) is 15.2. The third-order valence-corrected chi connectivity index (χ3v) is 3.94. The zero-order valence-corrected chi connectivity index (χ0v) is 13.7. The smallest absolute Gasteiger partial charge is 0.220 e. The predicted molar refractivity (Wildman–Crippen MR) is 103 cm³/mol. The van der Waals surface area contributed by atoms with Crippen LogP contribution in [0.5, 0.6) is 0 Å². The highest BCUT2D eigenvalue weighted by molar-refractivity contribution is 5.78. The van der Waals surface area contributed by atoms with Crippen LogP contribution in [-0.4, -0.2) is 4.98 Å². The van der Waals surface area contributed by atoms with Crippen molar-refractivity contribution >= 4 is 12.2 Å². The summed E-state index contributed by atoms with van der Waals surface area (Å²) in [5, 5.41) is 0. The molecule has 0 atom stereocenters. The third kappa shape index (κ3) is 3.43. The molecule has 0 N–H and O–H groups in total. The van der Waals surface area contributed by atoms with Gasteiger partial charge in [-0.25, -0.2) is 4.98 Å². The maximum atomic E-state index is 6.08. The summed E-state index contributed by atoms with van der Waals surface area (Å²) in [7, 11) is 0. The Kier molecular flexibility index (Phi) is 4.25. The minimum atomic E-state index is 0.599.